The second-order valence-corrected chi connectivity index (χ2v) is 5.11. The predicted molar refractivity (Wildman–Crippen MR) is 61.0 cm³/mol. The van der Waals surface area contributed by atoms with E-state index in [-0.39, 0.29) is 5.56 Å². The molecule has 0 radical (unpaired) electrons. The molecule has 84 valence electrons. The summed E-state index contributed by atoms with van der Waals surface area (Å²) in [5.41, 5.74) is -0.571. The van der Waals surface area contributed by atoms with Gasteiger partial charge in [0, 0.05) is 10.0 Å². The van der Waals surface area contributed by atoms with E-state index in [0.717, 1.165) is 6.42 Å². The van der Waals surface area contributed by atoms with Crippen LogP contribution in [0.3, 0.4) is 0 Å². The summed E-state index contributed by atoms with van der Waals surface area (Å²) in [6.07, 6.45) is 1.17. The molecule has 0 amide bonds. The number of nitrogens with zero attached hydrogens (tertiary/aromatic N) is 1. The van der Waals surface area contributed by atoms with Crippen LogP contribution in [0.15, 0.2) is 22.7 Å². The molecule has 0 spiro atoms. The summed E-state index contributed by atoms with van der Waals surface area (Å²) in [5, 5.41) is 19.2. The van der Waals surface area contributed by atoms with Gasteiger partial charge in [0.1, 0.15) is 11.9 Å². The molecule has 1 fully saturated rings. The van der Waals surface area contributed by atoms with Gasteiger partial charge in [0.2, 0.25) is 0 Å². The van der Waals surface area contributed by atoms with Crippen LogP contribution in [0.2, 0.25) is 0 Å². The maximum absolute atomic E-state index is 13.6. The van der Waals surface area contributed by atoms with E-state index in [1.807, 2.05) is 0 Å². The summed E-state index contributed by atoms with van der Waals surface area (Å²) in [4.78, 5) is 0. The molecule has 1 aromatic carbocycles. The zero-order valence-corrected chi connectivity index (χ0v) is 10.2. The van der Waals surface area contributed by atoms with E-state index in [1.165, 1.54) is 12.1 Å². The largest absolute Gasteiger partial charge is 0.387 e. The highest BCUT2D eigenvalue weighted by atomic mass is 79.9. The summed E-state index contributed by atoms with van der Waals surface area (Å²) in [5.74, 6) is -0.469. The topological polar surface area (TPSA) is 44.0 Å². The maximum atomic E-state index is 13.6. The molecule has 1 saturated carbocycles. The minimum atomic E-state index is -1.03. The maximum Gasteiger partial charge on any atom is 0.130 e. The number of rotatable bonds is 2. The van der Waals surface area contributed by atoms with E-state index in [4.69, 9.17) is 5.26 Å². The first-order valence-corrected chi connectivity index (χ1v) is 5.93. The molecule has 1 atom stereocenters. The number of halogens is 2. The fourth-order valence-corrected chi connectivity index (χ4v) is 2.36. The van der Waals surface area contributed by atoms with E-state index in [2.05, 4.69) is 22.0 Å². The van der Waals surface area contributed by atoms with Gasteiger partial charge in [-0.3, -0.25) is 0 Å². The van der Waals surface area contributed by atoms with Gasteiger partial charge in [0.15, 0.2) is 0 Å². The summed E-state index contributed by atoms with van der Waals surface area (Å²) in [6, 6.07) is 6.64. The SMILES string of the molecule is N#CC1(C(O)c2ccc(Br)cc2F)CCC1. The molecule has 2 rings (SSSR count). The molecule has 0 saturated heterocycles. The Labute approximate surface area is 102 Å². The number of aliphatic hydroxyl groups is 1. The number of hydrogen-bond donors (Lipinski definition) is 1. The Kier molecular flexibility index (Phi) is 3.00. The first-order chi connectivity index (χ1) is 7.59. The standard InChI is InChI=1S/C12H11BrFNO/c13-8-2-3-9(10(14)6-8)11(16)12(7-15)4-1-5-12/h2-3,6,11,16H,1,4-5H2. The van der Waals surface area contributed by atoms with Crippen molar-refractivity contribution in [3.05, 3.63) is 34.1 Å². The molecule has 4 heteroatoms. The number of nitriles is 1. The van der Waals surface area contributed by atoms with Crippen molar-refractivity contribution in [3.63, 3.8) is 0 Å². The Morgan fingerprint density at radius 1 is 1.50 bits per heavy atom. The fraction of sp³-hybridized carbons (Fsp3) is 0.417. The lowest BCUT2D eigenvalue weighted by Gasteiger charge is -2.39. The molecule has 1 unspecified atom stereocenters. The quantitative estimate of drug-likeness (QED) is 0.905. The van der Waals surface area contributed by atoms with Crippen LogP contribution in [-0.2, 0) is 0 Å². The van der Waals surface area contributed by atoms with Crippen molar-refractivity contribution in [1.82, 2.24) is 0 Å². The lowest BCUT2D eigenvalue weighted by molar-refractivity contribution is 0.00563. The van der Waals surface area contributed by atoms with Crippen molar-refractivity contribution in [2.75, 3.05) is 0 Å². The molecular formula is C12H11BrFNO. The second-order valence-electron chi connectivity index (χ2n) is 4.19. The normalized spacial score (nSPS) is 19.6. The Bertz CT molecular complexity index is 451. The molecular weight excluding hydrogens is 273 g/mol. The van der Waals surface area contributed by atoms with Crippen LogP contribution in [0.5, 0.6) is 0 Å². The molecule has 1 N–H and O–H groups in total. The van der Waals surface area contributed by atoms with E-state index in [1.54, 1.807) is 6.07 Å². The fourth-order valence-electron chi connectivity index (χ4n) is 2.02. The van der Waals surface area contributed by atoms with E-state index >= 15 is 0 Å². The first-order valence-electron chi connectivity index (χ1n) is 5.13. The van der Waals surface area contributed by atoms with Crippen molar-refractivity contribution < 1.29 is 9.50 Å². The highest BCUT2D eigenvalue weighted by molar-refractivity contribution is 9.10. The van der Waals surface area contributed by atoms with Crippen LogP contribution < -0.4 is 0 Å². The zero-order chi connectivity index (χ0) is 11.8. The smallest absolute Gasteiger partial charge is 0.130 e. The average Bonchev–Trinajstić information content (AvgIpc) is 2.16. The number of benzene rings is 1. The summed E-state index contributed by atoms with van der Waals surface area (Å²) in [6.45, 7) is 0. The third-order valence-corrected chi connectivity index (χ3v) is 3.74. The van der Waals surface area contributed by atoms with E-state index in [0.29, 0.717) is 17.3 Å². The molecule has 1 aliphatic rings. The molecule has 0 aliphatic heterocycles. The van der Waals surface area contributed by atoms with Gasteiger partial charge in [-0.15, -0.1) is 0 Å². The first kappa shape index (κ1) is 11.6. The second kappa shape index (κ2) is 4.15. The van der Waals surface area contributed by atoms with Crippen LogP contribution in [0.1, 0.15) is 30.9 Å². The van der Waals surface area contributed by atoms with Crippen molar-refractivity contribution in [2.24, 2.45) is 5.41 Å². The van der Waals surface area contributed by atoms with E-state index < -0.39 is 17.3 Å². The lowest BCUT2D eigenvalue weighted by atomic mass is 9.64. The highest BCUT2D eigenvalue weighted by Gasteiger charge is 2.45. The Hall–Kier alpha value is -0.920. The third kappa shape index (κ3) is 1.74. The van der Waals surface area contributed by atoms with Gasteiger partial charge >= 0.3 is 0 Å². The number of aliphatic hydroxyl groups excluding tert-OH is 1. The minimum Gasteiger partial charge on any atom is -0.387 e. The van der Waals surface area contributed by atoms with Crippen molar-refractivity contribution in [2.45, 2.75) is 25.4 Å². The van der Waals surface area contributed by atoms with Crippen LogP contribution in [0, 0.1) is 22.6 Å². The molecule has 0 heterocycles. The van der Waals surface area contributed by atoms with Crippen LogP contribution in [0.25, 0.3) is 0 Å². The van der Waals surface area contributed by atoms with Crippen LogP contribution >= 0.6 is 15.9 Å². The third-order valence-electron chi connectivity index (χ3n) is 3.25. The van der Waals surface area contributed by atoms with Crippen molar-refractivity contribution in [1.29, 1.82) is 5.26 Å². The summed E-state index contributed by atoms with van der Waals surface area (Å²) < 4.78 is 14.3. The van der Waals surface area contributed by atoms with Gasteiger partial charge in [-0.05, 0) is 25.0 Å². The lowest BCUT2D eigenvalue weighted by Crippen LogP contribution is -2.34. The van der Waals surface area contributed by atoms with Gasteiger partial charge < -0.3 is 5.11 Å². The van der Waals surface area contributed by atoms with Crippen LogP contribution in [-0.4, -0.2) is 5.11 Å². The molecule has 1 aromatic rings. The van der Waals surface area contributed by atoms with Gasteiger partial charge in [-0.1, -0.05) is 28.4 Å². The minimum absolute atomic E-state index is 0.212. The van der Waals surface area contributed by atoms with Gasteiger partial charge in [-0.25, -0.2) is 4.39 Å². The summed E-state index contributed by atoms with van der Waals surface area (Å²) >= 11 is 3.16. The van der Waals surface area contributed by atoms with Crippen LogP contribution in [0.4, 0.5) is 4.39 Å². The molecule has 0 aromatic heterocycles. The van der Waals surface area contributed by atoms with Gasteiger partial charge in [0.25, 0.3) is 0 Å². The monoisotopic (exact) mass is 283 g/mol. The predicted octanol–water partition coefficient (Wildman–Crippen LogP) is 3.32. The highest BCUT2D eigenvalue weighted by Crippen LogP contribution is 2.50. The van der Waals surface area contributed by atoms with Gasteiger partial charge in [-0.2, -0.15) is 5.26 Å². The Morgan fingerprint density at radius 2 is 2.19 bits per heavy atom. The molecule has 1 aliphatic carbocycles. The summed E-state index contributed by atoms with van der Waals surface area (Å²) in [7, 11) is 0. The molecule has 2 nitrogen and oxygen atoms in total. The van der Waals surface area contributed by atoms with Gasteiger partial charge in [0.05, 0.1) is 11.5 Å². The van der Waals surface area contributed by atoms with E-state index in [9.17, 15) is 9.50 Å². The zero-order valence-electron chi connectivity index (χ0n) is 8.58. The Morgan fingerprint density at radius 3 is 2.62 bits per heavy atom. The molecule has 16 heavy (non-hydrogen) atoms. The average molecular weight is 284 g/mol. The Balaban J connectivity index is 2.34. The van der Waals surface area contributed by atoms with Crippen molar-refractivity contribution in [3.8, 4) is 6.07 Å². The van der Waals surface area contributed by atoms with Crippen molar-refractivity contribution >= 4 is 15.9 Å². The molecule has 0 bridgehead atoms. The number of hydrogen-bond acceptors (Lipinski definition) is 2.